The SMILES string of the molecule is C[C@]12CCC3C(CC[C@H]4CC(=O)CC[C@]34C)C1CCC2OC(=O)c1ccccc1. The predicted molar refractivity (Wildman–Crippen MR) is 112 cm³/mol. The van der Waals surface area contributed by atoms with E-state index in [4.69, 9.17) is 4.74 Å². The number of hydrogen-bond donors (Lipinski definition) is 0. The Labute approximate surface area is 174 Å². The van der Waals surface area contributed by atoms with Gasteiger partial charge in [0.2, 0.25) is 0 Å². The molecule has 0 aromatic heterocycles. The van der Waals surface area contributed by atoms with Crippen molar-refractivity contribution in [3.05, 3.63) is 35.9 Å². The van der Waals surface area contributed by atoms with Crippen molar-refractivity contribution >= 4 is 11.8 Å². The zero-order valence-corrected chi connectivity index (χ0v) is 17.9. The first kappa shape index (κ1) is 19.3. The van der Waals surface area contributed by atoms with Crippen LogP contribution >= 0.6 is 0 Å². The summed E-state index contributed by atoms with van der Waals surface area (Å²) in [6, 6.07) is 9.42. The van der Waals surface area contributed by atoms with E-state index in [1.54, 1.807) is 0 Å². The highest BCUT2D eigenvalue weighted by atomic mass is 16.5. The monoisotopic (exact) mass is 394 g/mol. The molecule has 29 heavy (non-hydrogen) atoms. The van der Waals surface area contributed by atoms with Crippen LogP contribution in [0.3, 0.4) is 0 Å². The third kappa shape index (κ3) is 2.99. The highest BCUT2D eigenvalue weighted by Crippen LogP contribution is 2.66. The second-order valence-electron chi connectivity index (χ2n) is 10.8. The lowest BCUT2D eigenvalue weighted by molar-refractivity contribution is -0.142. The summed E-state index contributed by atoms with van der Waals surface area (Å²) in [6.07, 6.45) is 9.79. The molecule has 0 N–H and O–H groups in total. The van der Waals surface area contributed by atoms with Crippen LogP contribution in [0.15, 0.2) is 30.3 Å². The summed E-state index contributed by atoms with van der Waals surface area (Å²) in [7, 11) is 0. The van der Waals surface area contributed by atoms with Gasteiger partial charge in [0.05, 0.1) is 5.56 Å². The van der Waals surface area contributed by atoms with E-state index in [1.807, 2.05) is 30.3 Å². The molecule has 4 aliphatic carbocycles. The molecule has 4 unspecified atom stereocenters. The van der Waals surface area contributed by atoms with Crippen LogP contribution in [0.5, 0.6) is 0 Å². The fourth-order valence-corrected chi connectivity index (χ4v) is 7.96. The Morgan fingerprint density at radius 3 is 2.48 bits per heavy atom. The second-order valence-corrected chi connectivity index (χ2v) is 10.8. The third-order valence-electron chi connectivity index (χ3n) is 9.65. The minimum absolute atomic E-state index is 0.0413. The first-order valence-corrected chi connectivity index (χ1v) is 11.7. The van der Waals surface area contributed by atoms with Crippen LogP contribution in [0.4, 0.5) is 0 Å². The van der Waals surface area contributed by atoms with Crippen molar-refractivity contribution in [1.82, 2.24) is 0 Å². The summed E-state index contributed by atoms with van der Waals surface area (Å²) in [6.45, 7) is 4.88. The Morgan fingerprint density at radius 2 is 1.69 bits per heavy atom. The highest BCUT2D eigenvalue weighted by Gasteiger charge is 2.61. The van der Waals surface area contributed by atoms with Crippen LogP contribution < -0.4 is 0 Å². The van der Waals surface area contributed by atoms with Crippen LogP contribution in [0, 0.1) is 34.5 Å². The van der Waals surface area contributed by atoms with Crippen molar-refractivity contribution in [1.29, 1.82) is 0 Å². The van der Waals surface area contributed by atoms with Crippen LogP contribution in [0.1, 0.15) is 82.0 Å². The molecule has 5 rings (SSSR count). The van der Waals surface area contributed by atoms with Gasteiger partial charge in [-0.05, 0) is 86.2 Å². The van der Waals surface area contributed by atoms with Gasteiger partial charge < -0.3 is 4.74 Å². The number of carbonyl (C=O) groups excluding carboxylic acids is 2. The average Bonchev–Trinajstić information content (AvgIpc) is 3.05. The number of Topliss-reactive ketones (excluding diaryl/α,β-unsaturated/α-hetero) is 1. The summed E-state index contributed by atoms with van der Waals surface area (Å²) in [5, 5.41) is 0. The molecular weight excluding hydrogens is 360 g/mol. The van der Waals surface area contributed by atoms with E-state index in [2.05, 4.69) is 13.8 Å². The lowest BCUT2D eigenvalue weighted by atomic mass is 9.45. The van der Waals surface area contributed by atoms with E-state index in [9.17, 15) is 9.59 Å². The van der Waals surface area contributed by atoms with Crippen LogP contribution in [-0.2, 0) is 9.53 Å². The van der Waals surface area contributed by atoms with Gasteiger partial charge in [0.1, 0.15) is 11.9 Å². The number of rotatable bonds is 2. The van der Waals surface area contributed by atoms with Gasteiger partial charge in [-0.1, -0.05) is 32.0 Å². The summed E-state index contributed by atoms with van der Waals surface area (Å²) < 4.78 is 6.11. The fourth-order valence-electron chi connectivity index (χ4n) is 7.96. The Balaban J connectivity index is 1.34. The number of ether oxygens (including phenoxy) is 1. The Hall–Kier alpha value is -1.64. The number of benzene rings is 1. The van der Waals surface area contributed by atoms with Gasteiger partial charge in [-0.25, -0.2) is 4.79 Å². The van der Waals surface area contributed by atoms with Gasteiger partial charge in [-0.15, -0.1) is 0 Å². The zero-order valence-electron chi connectivity index (χ0n) is 17.9. The highest BCUT2D eigenvalue weighted by molar-refractivity contribution is 5.89. The van der Waals surface area contributed by atoms with E-state index in [-0.39, 0.29) is 17.5 Å². The molecular formula is C26H34O3. The average molecular weight is 395 g/mol. The van der Waals surface area contributed by atoms with Crippen molar-refractivity contribution in [2.75, 3.05) is 0 Å². The third-order valence-corrected chi connectivity index (χ3v) is 9.65. The number of fused-ring (bicyclic) bond motifs is 5. The lowest BCUT2D eigenvalue weighted by Gasteiger charge is -2.60. The maximum absolute atomic E-state index is 12.7. The summed E-state index contributed by atoms with van der Waals surface area (Å²) in [5.41, 5.74) is 1.11. The van der Waals surface area contributed by atoms with E-state index in [0.29, 0.717) is 28.6 Å². The topological polar surface area (TPSA) is 43.4 Å². The van der Waals surface area contributed by atoms with Gasteiger partial charge in [-0.3, -0.25) is 4.79 Å². The van der Waals surface area contributed by atoms with Gasteiger partial charge in [0.25, 0.3) is 0 Å². The Morgan fingerprint density at radius 1 is 0.931 bits per heavy atom. The van der Waals surface area contributed by atoms with E-state index in [1.165, 1.54) is 25.7 Å². The molecule has 4 saturated carbocycles. The van der Waals surface area contributed by atoms with Gasteiger partial charge >= 0.3 is 5.97 Å². The van der Waals surface area contributed by atoms with Crippen LogP contribution in [-0.4, -0.2) is 17.9 Å². The molecule has 0 bridgehead atoms. The molecule has 7 atom stereocenters. The minimum Gasteiger partial charge on any atom is -0.458 e. The van der Waals surface area contributed by atoms with Crippen molar-refractivity contribution < 1.29 is 14.3 Å². The molecule has 0 amide bonds. The van der Waals surface area contributed by atoms with Crippen molar-refractivity contribution in [2.24, 2.45) is 34.5 Å². The van der Waals surface area contributed by atoms with Crippen molar-refractivity contribution in [3.8, 4) is 0 Å². The van der Waals surface area contributed by atoms with Gasteiger partial charge in [0.15, 0.2) is 0 Å². The maximum Gasteiger partial charge on any atom is 0.338 e. The standard InChI is InChI=1S/C26H34O3/c1-25-14-12-19(27)16-18(25)8-9-20-21-10-11-23(26(21,2)15-13-22(20)25)29-24(28)17-6-4-3-5-7-17/h3-7,18,20-23H,8-16H2,1-2H3/t18-,20?,21?,22?,23?,25-,26-/m0/s1. The smallest absolute Gasteiger partial charge is 0.338 e. The largest absolute Gasteiger partial charge is 0.458 e. The van der Waals surface area contributed by atoms with E-state index < -0.39 is 0 Å². The fraction of sp³-hybridized carbons (Fsp3) is 0.692. The number of ketones is 1. The van der Waals surface area contributed by atoms with E-state index in [0.717, 1.165) is 43.9 Å². The number of hydrogen-bond acceptors (Lipinski definition) is 3. The van der Waals surface area contributed by atoms with Crippen LogP contribution in [0.2, 0.25) is 0 Å². The number of carbonyl (C=O) groups is 2. The summed E-state index contributed by atoms with van der Waals surface area (Å²) in [5.74, 6) is 3.06. The molecule has 0 radical (unpaired) electrons. The molecule has 0 heterocycles. The molecule has 0 spiro atoms. The van der Waals surface area contributed by atoms with Gasteiger partial charge in [-0.2, -0.15) is 0 Å². The zero-order chi connectivity index (χ0) is 20.2. The summed E-state index contributed by atoms with van der Waals surface area (Å²) >= 11 is 0. The predicted octanol–water partition coefficient (Wildman–Crippen LogP) is 5.82. The van der Waals surface area contributed by atoms with Crippen LogP contribution in [0.25, 0.3) is 0 Å². The first-order valence-electron chi connectivity index (χ1n) is 11.7. The molecule has 3 nitrogen and oxygen atoms in total. The molecule has 3 heteroatoms. The lowest BCUT2D eigenvalue weighted by Crippen LogP contribution is -2.54. The molecule has 4 fully saturated rings. The Bertz CT molecular complexity index is 801. The van der Waals surface area contributed by atoms with Crippen molar-refractivity contribution in [2.45, 2.75) is 77.7 Å². The van der Waals surface area contributed by atoms with E-state index >= 15 is 0 Å². The normalized spacial score (nSPS) is 43.8. The molecule has 1 aromatic rings. The quantitative estimate of drug-likeness (QED) is 0.593. The van der Waals surface area contributed by atoms with Crippen molar-refractivity contribution in [3.63, 3.8) is 0 Å². The Kier molecular flexibility index (Phi) is 4.64. The molecule has 156 valence electrons. The second kappa shape index (κ2) is 6.96. The number of esters is 1. The van der Waals surface area contributed by atoms with Gasteiger partial charge in [0, 0.05) is 18.3 Å². The summed E-state index contributed by atoms with van der Waals surface area (Å²) in [4.78, 5) is 24.8. The molecule has 1 aromatic carbocycles. The molecule has 4 aliphatic rings. The first-order chi connectivity index (χ1) is 13.9. The molecule has 0 saturated heterocycles. The maximum atomic E-state index is 12.7. The minimum atomic E-state index is -0.166. The molecule has 0 aliphatic heterocycles.